The lowest BCUT2D eigenvalue weighted by molar-refractivity contribution is -0.122. The van der Waals surface area contributed by atoms with Crippen LogP contribution in [0.3, 0.4) is 0 Å². The summed E-state index contributed by atoms with van der Waals surface area (Å²) in [4.78, 5) is 38.0. The molecule has 24 heavy (non-hydrogen) atoms. The van der Waals surface area contributed by atoms with E-state index in [-0.39, 0.29) is 13.0 Å². The van der Waals surface area contributed by atoms with Gasteiger partial charge in [-0.25, -0.2) is 4.79 Å². The van der Waals surface area contributed by atoms with Crippen molar-refractivity contribution in [1.82, 2.24) is 20.4 Å². The maximum atomic E-state index is 11.8. The van der Waals surface area contributed by atoms with Crippen LogP contribution in [0.25, 0.3) is 11.1 Å². The SMILES string of the molecule is O=C(CCn1c(=O)oc2cc(Cl)ccc21)NNC(=O)c1ccc[nH]1. The molecular formula is C15H13ClN4O4. The van der Waals surface area contributed by atoms with E-state index in [1.165, 1.54) is 10.6 Å². The van der Waals surface area contributed by atoms with Gasteiger partial charge in [0, 0.05) is 30.3 Å². The van der Waals surface area contributed by atoms with E-state index in [1.807, 2.05) is 0 Å². The highest BCUT2D eigenvalue weighted by Crippen LogP contribution is 2.18. The molecule has 1 aromatic carbocycles. The Morgan fingerprint density at radius 3 is 2.83 bits per heavy atom. The summed E-state index contributed by atoms with van der Waals surface area (Å²) in [5.41, 5.74) is 5.79. The van der Waals surface area contributed by atoms with Crippen LogP contribution >= 0.6 is 11.6 Å². The largest absolute Gasteiger partial charge is 0.419 e. The lowest BCUT2D eigenvalue weighted by Crippen LogP contribution is -2.42. The number of aromatic amines is 1. The number of hydrogen-bond donors (Lipinski definition) is 3. The first-order chi connectivity index (χ1) is 11.5. The van der Waals surface area contributed by atoms with Gasteiger partial charge in [-0.3, -0.25) is 25.0 Å². The number of halogens is 1. The number of hydrogen-bond acceptors (Lipinski definition) is 4. The first-order valence-electron chi connectivity index (χ1n) is 7.06. The van der Waals surface area contributed by atoms with Crippen molar-refractivity contribution < 1.29 is 14.0 Å². The number of carbonyl (C=O) groups excluding carboxylic acids is 2. The Morgan fingerprint density at radius 2 is 2.08 bits per heavy atom. The molecule has 2 aromatic heterocycles. The number of rotatable bonds is 4. The maximum absolute atomic E-state index is 11.8. The van der Waals surface area contributed by atoms with Crippen LogP contribution < -0.4 is 16.6 Å². The average Bonchev–Trinajstić information content (AvgIpc) is 3.18. The van der Waals surface area contributed by atoms with Crippen molar-refractivity contribution in [3.8, 4) is 0 Å². The molecule has 124 valence electrons. The van der Waals surface area contributed by atoms with Gasteiger partial charge in [0.25, 0.3) is 5.91 Å². The summed E-state index contributed by atoms with van der Waals surface area (Å²) in [6.45, 7) is 0.109. The van der Waals surface area contributed by atoms with Crippen molar-refractivity contribution in [1.29, 1.82) is 0 Å². The second-order valence-corrected chi connectivity index (χ2v) is 5.40. The Bertz CT molecular complexity index is 942. The summed E-state index contributed by atoms with van der Waals surface area (Å²) >= 11 is 5.84. The van der Waals surface area contributed by atoms with Crippen molar-refractivity contribution in [3.05, 3.63) is 57.8 Å². The van der Waals surface area contributed by atoms with E-state index in [4.69, 9.17) is 16.0 Å². The molecular weight excluding hydrogens is 336 g/mol. The minimum atomic E-state index is -0.574. The van der Waals surface area contributed by atoms with Gasteiger partial charge in [0.1, 0.15) is 5.69 Å². The van der Waals surface area contributed by atoms with Crippen molar-refractivity contribution in [3.63, 3.8) is 0 Å². The average molecular weight is 349 g/mol. The van der Waals surface area contributed by atoms with Crippen LogP contribution in [0, 0.1) is 0 Å². The molecule has 0 saturated heterocycles. The van der Waals surface area contributed by atoms with Crippen LogP contribution in [0.1, 0.15) is 16.9 Å². The molecule has 0 unspecified atom stereocenters. The number of nitrogens with one attached hydrogen (secondary N) is 3. The Hall–Kier alpha value is -3.00. The van der Waals surface area contributed by atoms with Gasteiger partial charge >= 0.3 is 5.76 Å². The highest BCUT2D eigenvalue weighted by atomic mass is 35.5. The van der Waals surface area contributed by atoms with E-state index in [2.05, 4.69) is 15.8 Å². The first-order valence-corrected chi connectivity index (χ1v) is 7.44. The van der Waals surface area contributed by atoms with Gasteiger partial charge in [0.2, 0.25) is 5.91 Å². The van der Waals surface area contributed by atoms with Gasteiger partial charge in [-0.1, -0.05) is 11.6 Å². The minimum Gasteiger partial charge on any atom is -0.408 e. The van der Waals surface area contributed by atoms with Gasteiger partial charge in [-0.15, -0.1) is 0 Å². The van der Waals surface area contributed by atoms with Crippen LogP contribution in [0.4, 0.5) is 0 Å². The zero-order chi connectivity index (χ0) is 17.1. The summed E-state index contributed by atoms with van der Waals surface area (Å²) in [5, 5.41) is 0.452. The molecule has 0 spiro atoms. The van der Waals surface area contributed by atoms with E-state index in [1.54, 1.807) is 30.5 Å². The number of fused-ring (bicyclic) bond motifs is 1. The predicted molar refractivity (Wildman–Crippen MR) is 86.5 cm³/mol. The minimum absolute atomic E-state index is 0.0117. The summed E-state index contributed by atoms with van der Waals surface area (Å²) < 4.78 is 6.41. The number of nitrogens with zero attached hydrogens (tertiary/aromatic N) is 1. The Morgan fingerprint density at radius 1 is 1.25 bits per heavy atom. The van der Waals surface area contributed by atoms with Crippen LogP contribution in [-0.2, 0) is 11.3 Å². The predicted octanol–water partition coefficient (Wildman–Crippen LogP) is 1.43. The molecule has 0 atom stereocenters. The molecule has 0 fully saturated rings. The molecule has 8 nitrogen and oxygen atoms in total. The molecule has 0 aliphatic rings. The number of oxazole rings is 1. The number of amides is 2. The summed E-state index contributed by atoms with van der Waals surface area (Å²) in [5.74, 6) is -1.48. The zero-order valence-corrected chi connectivity index (χ0v) is 13.1. The lowest BCUT2D eigenvalue weighted by atomic mass is 10.3. The molecule has 0 aliphatic heterocycles. The van der Waals surface area contributed by atoms with Crippen molar-refractivity contribution in [2.45, 2.75) is 13.0 Å². The Labute approximate surface area is 140 Å². The molecule has 9 heteroatoms. The monoisotopic (exact) mass is 348 g/mol. The third-order valence-corrected chi connectivity index (χ3v) is 3.59. The molecule has 0 radical (unpaired) electrons. The topological polar surface area (TPSA) is 109 Å². The fourth-order valence-corrected chi connectivity index (χ4v) is 2.36. The highest BCUT2D eigenvalue weighted by Gasteiger charge is 2.12. The molecule has 3 aromatic rings. The van der Waals surface area contributed by atoms with Gasteiger partial charge in [-0.2, -0.15) is 0 Å². The highest BCUT2D eigenvalue weighted by molar-refractivity contribution is 6.31. The normalized spacial score (nSPS) is 10.7. The fourth-order valence-electron chi connectivity index (χ4n) is 2.19. The number of aryl methyl sites for hydroxylation is 1. The van der Waals surface area contributed by atoms with E-state index >= 15 is 0 Å². The molecule has 0 bridgehead atoms. The summed E-state index contributed by atoms with van der Waals surface area (Å²) in [6, 6.07) is 8.05. The van der Waals surface area contributed by atoms with Crippen molar-refractivity contribution in [2.24, 2.45) is 0 Å². The quantitative estimate of drug-likeness (QED) is 0.619. The van der Waals surface area contributed by atoms with Gasteiger partial charge in [0.15, 0.2) is 5.58 Å². The molecule has 3 rings (SSSR count). The first kappa shape index (κ1) is 15.9. The smallest absolute Gasteiger partial charge is 0.408 e. The van der Waals surface area contributed by atoms with Gasteiger partial charge in [0.05, 0.1) is 5.52 Å². The summed E-state index contributed by atoms with van der Waals surface area (Å²) in [7, 11) is 0. The van der Waals surface area contributed by atoms with Crippen LogP contribution in [0.15, 0.2) is 45.7 Å². The third-order valence-electron chi connectivity index (χ3n) is 3.35. The van der Waals surface area contributed by atoms with E-state index < -0.39 is 17.6 Å². The number of carbonyl (C=O) groups is 2. The van der Waals surface area contributed by atoms with Crippen LogP contribution in [0.2, 0.25) is 5.02 Å². The third kappa shape index (κ3) is 3.33. The van der Waals surface area contributed by atoms with Gasteiger partial charge in [-0.05, 0) is 24.3 Å². The Balaban J connectivity index is 1.59. The van der Waals surface area contributed by atoms with Crippen LogP contribution in [-0.4, -0.2) is 21.4 Å². The molecule has 2 heterocycles. The molecule has 3 N–H and O–H groups in total. The standard InChI is InChI=1S/C15H13ClN4O4/c16-9-3-4-11-12(8-9)24-15(23)20(11)7-5-13(21)18-19-14(22)10-2-1-6-17-10/h1-4,6,8,17H,5,7H2,(H,18,21)(H,19,22). The number of hydrazine groups is 1. The Kier molecular flexibility index (Phi) is 4.39. The van der Waals surface area contributed by atoms with Crippen molar-refractivity contribution >= 4 is 34.5 Å². The van der Waals surface area contributed by atoms with E-state index in [9.17, 15) is 14.4 Å². The maximum Gasteiger partial charge on any atom is 0.419 e. The van der Waals surface area contributed by atoms with E-state index in [0.717, 1.165) is 0 Å². The molecule has 2 amide bonds. The number of aromatic nitrogens is 2. The van der Waals surface area contributed by atoms with Gasteiger partial charge < -0.3 is 9.40 Å². The fraction of sp³-hybridized carbons (Fsp3) is 0.133. The van der Waals surface area contributed by atoms with Crippen molar-refractivity contribution in [2.75, 3.05) is 0 Å². The lowest BCUT2D eigenvalue weighted by Gasteiger charge is -2.06. The molecule has 0 aliphatic carbocycles. The second kappa shape index (κ2) is 6.63. The summed E-state index contributed by atoms with van der Waals surface area (Å²) in [6.07, 6.45) is 1.58. The van der Waals surface area contributed by atoms with Crippen LogP contribution in [0.5, 0.6) is 0 Å². The number of H-pyrrole nitrogens is 1. The van der Waals surface area contributed by atoms with E-state index in [0.29, 0.717) is 21.8 Å². The zero-order valence-electron chi connectivity index (χ0n) is 12.3. The molecule has 0 saturated carbocycles. The number of benzene rings is 1. The second-order valence-electron chi connectivity index (χ2n) is 4.97.